The summed E-state index contributed by atoms with van der Waals surface area (Å²) < 4.78 is 0. The van der Waals surface area contributed by atoms with Crippen molar-refractivity contribution in [2.45, 2.75) is 146 Å². The van der Waals surface area contributed by atoms with Gasteiger partial charge in [-0.05, 0) is 79.3 Å². The summed E-state index contributed by atoms with van der Waals surface area (Å²) in [5.74, 6) is -10.6. The molecule has 0 radical (unpaired) electrons. The van der Waals surface area contributed by atoms with E-state index in [4.69, 9.17) is 5.73 Å². The fraction of sp³-hybridized carbons (Fsp3) is 0.460. The van der Waals surface area contributed by atoms with Crippen molar-refractivity contribution in [3.63, 3.8) is 0 Å². The highest BCUT2D eigenvalue weighted by atomic mass is 32.1. The molecule has 2 aromatic heterocycles. The van der Waals surface area contributed by atoms with Crippen molar-refractivity contribution in [2.24, 2.45) is 17.6 Å². The maximum atomic E-state index is 14.3. The highest BCUT2D eigenvalue weighted by molar-refractivity contribution is 7.80. The molecule has 3 aromatic carbocycles. The number of aromatic amines is 2. The second kappa shape index (κ2) is 35.2. The van der Waals surface area contributed by atoms with E-state index in [-0.39, 0.29) is 68.2 Å². The van der Waals surface area contributed by atoms with Gasteiger partial charge in [0.2, 0.25) is 59.1 Å². The van der Waals surface area contributed by atoms with Crippen LogP contribution in [0.3, 0.4) is 0 Å². The molecule has 6 rings (SSSR count). The molecule has 1 fully saturated rings. The lowest BCUT2D eigenvalue weighted by Crippen LogP contribution is -2.62. The van der Waals surface area contributed by atoms with Gasteiger partial charge in [-0.25, -0.2) is 9.78 Å². The van der Waals surface area contributed by atoms with Crippen LogP contribution in [0.4, 0.5) is 0 Å². The van der Waals surface area contributed by atoms with E-state index in [2.05, 4.69) is 88.1 Å². The molecular formula is C63H84N14O14S2. The van der Waals surface area contributed by atoms with Gasteiger partial charge in [-0.2, -0.15) is 25.3 Å². The third-order valence-electron chi connectivity index (χ3n) is 15.5. The predicted molar refractivity (Wildman–Crippen MR) is 349 cm³/mol. The molecule has 5 aromatic rings. The topological polar surface area (TPSA) is 430 Å². The first-order valence-electron chi connectivity index (χ1n) is 30.5. The summed E-state index contributed by atoms with van der Waals surface area (Å²) in [5, 5.41) is 54.4. The Balaban J connectivity index is 1.12. The molecule has 16 N–H and O–H groups in total. The molecule has 11 atom stereocenters. The number of carbonyl (C=O) groups excluding carboxylic acids is 10. The number of nitrogens with one attached hydrogen (secondary N) is 11. The lowest BCUT2D eigenvalue weighted by atomic mass is 9.99. The number of aliphatic hydroxyl groups excluding tert-OH is 1. The van der Waals surface area contributed by atoms with E-state index in [9.17, 15) is 68.1 Å². The number of nitrogens with two attached hydrogens (primary N) is 1. The summed E-state index contributed by atoms with van der Waals surface area (Å²) in [5.41, 5.74) is 9.17. The number of aliphatic carboxylic acids is 1. The maximum Gasteiger partial charge on any atom is 0.327 e. The van der Waals surface area contributed by atoms with Crippen LogP contribution in [0.5, 0.6) is 5.75 Å². The van der Waals surface area contributed by atoms with Gasteiger partial charge in [0.25, 0.3) is 0 Å². The monoisotopic (exact) mass is 1320 g/mol. The standard InChI is InChI=1S/C63H84N14O14S2/c1-33(2)22-44(57(84)76-53(35(5)78)62(89)72-46(25-38-27-66-43-15-10-9-14-41(38)43)58(85)75-52(34(3)4)61(88)74-49(31-93)63(90)91)71-60(87)50-16-11-21-77(50)51(80)29-67-55(82)45(24-36-12-7-6-8-13-36)69-56(83)47(26-39-28-65-32-68-39)70-59(86)48(30-92)73-54(81)42(64)23-37-17-19-40(79)20-18-37/h6-10,12-15,17-20,27-28,32-35,42,44-50,52-53,66,78-79,92-93H,11,16,21-26,29-31,64H2,1-5H3,(H,65,68)(H,67,82)(H,69,83)(H,70,86)(H,71,87)(H,72,89)(H,73,81)(H,74,88)(H,75,85)(H,76,84)(H,90,91)/t35-,42+,44+,45+,46+,47+,48+,49+,50+,52+,53+/m1/s1. The zero-order chi connectivity index (χ0) is 68.1. The molecule has 93 heavy (non-hydrogen) atoms. The molecule has 502 valence electrons. The summed E-state index contributed by atoms with van der Waals surface area (Å²) in [7, 11) is 0. The Bertz CT molecular complexity index is 3390. The number of H-pyrrole nitrogens is 2. The molecule has 1 saturated heterocycles. The summed E-state index contributed by atoms with van der Waals surface area (Å²) >= 11 is 8.29. The number of amides is 10. The molecule has 1 aliphatic heterocycles. The van der Waals surface area contributed by atoms with Gasteiger partial charge >= 0.3 is 5.97 Å². The van der Waals surface area contributed by atoms with Gasteiger partial charge in [-0.3, -0.25) is 47.9 Å². The van der Waals surface area contributed by atoms with E-state index >= 15 is 0 Å². The number of fused-ring (bicyclic) bond motifs is 1. The molecule has 3 heterocycles. The van der Waals surface area contributed by atoms with Crippen LogP contribution in [0.2, 0.25) is 0 Å². The highest BCUT2D eigenvalue weighted by Gasteiger charge is 2.40. The minimum absolute atomic E-state index is 0.0215. The Hall–Kier alpha value is -9.00. The van der Waals surface area contributed by atoms with E-state index in [1.165, 1.54) is 36.5 Å². The second-order valence-electron chi connectivity index (χ2n) is 23.6. The van der Waals surface area contributed by atoms with E-state index in [1.54, 1.807) is 101 Å². The third-order valence-corrected chi connectivity index (χ3v) is 16.3. The average molecular weight is 1330 g/mol. The second-order valence-corrected chi connectivity index (χ2v) is 24.4. The molecule has 10 amide bonds. The normalized spacial score (nSPS) is 16.2. The number of rotatable bonds is 34. The fourth-order valence-corrected chi connectivity index (χ4v) is 11.0. The van der Waals surface area contributed by atoms with Crippen molar-refractivity contribution in [3.8, 4) is 5.75 Å². The largest absolute Gasteiger partial charge is 0.508 e. The van der Waals surface area contributed by atoms with Gasteiger partial charge in [0.05, 0.1) is 25.0 Å². The SMILES string of the molecule is CC(C)C[C@H](NC(=O)[C@@H]1CCCN1C(=O)CNC(=O)[C@H](Cc1ccccc1)NC(=O)[C@H](Cc1cnc[nH]1)NC(=O)[C@H](CS)NC(=O)[C@@H](N)Cc1ccc(O)cc1)C(=O)N[C@H](C(=O)N[C@@H](Cc1c[nH]c2ccccc12)C(=O)N[C@H](C(=O)N[C@@H](CS)C(=O)O)C(C)C)[C@@H](C)O. The van der Waals surface area contributed by atoms with Crippen LogP contribution in [0, 0.1) is 11.8 Å². The molecule has 30 heteroatoms. The molecule has 0 aliphatic carbocycles. The zero-order valence-electron chi connectivity index (χ0n) is 52.2. The quantitative estimate of drug-likeness (QED) is 0.0224. The number of aromatic hydroxyl groups is 1. The minimum Gasteiger partial charge on any atom is -0.508 e. The first-order valence-corrected chi connectivity index (χ1v) is 31.8. The number of hydrogen-bond donors (Lipinski definition) is 17. The van der Waals surface area contributed by atoms with Gasteiger partial charge in [0.1, 0.15) is 60.1 Å². The van der Waals surface area contributed by atoms with Crippen molar-refractivity contribution in [1.82, 2.24) is 67.7 Å². The maximum absolute atomic E-state index is 14.3. The molecule has 0 spiro atoms. The number of benzene rings is 3. The molecule has 0 saturated carbocycles. The van der Waals surface area contributed by atoms with Crippen LogP contribution in [-0.4, -0.2) is 191 Å². The third kappa shape index (κ3) is 21.5. The van der Waals surface area contributed by atoms with Gasteiger partial charge in [-0.15, -0.1) is 0 Å². The van der Waals surface area contributed by atoms with Gasteiger partial charge < -0.3 is 83.8 Å². The minimum atomic E-state index is -1.72. The molecule has 1 aliphatic rings. The number of carbonyl (C=O) groups is 11. The van der Waals surface area contributed by atoms with Crippen LogP contribution in [0.25, 0.3) is 10.9 Å². The van der Waals surface area contributed by atoms with Gasteiger partial charge in [-0.1, -0.05) is 88.4 Å². The number of aliphatic hydroxyl groups is 1. The zero-order valence-corrected chi connectivity index (χ0v) is 54.0. The Morgan fingerprint density at radius 1 is 0.613 bits per heavy atom. The van der Waals surface area contributed by atoms with Crippen LogP contribution in [0.1, 0.15) is 76.3 Å². The first kappa shape index (κ1) is 73.1. The Labute approximate surface area is 548 Å². The van der Waals surface area contributed by atoms with Crippen LogP contribution in [-0.2, 0) is 78.4 Å². The number of imidazole rings is 1. The van der Waals surface area contributed by atoms with Crippen LogP contribution < -0.4 is 53.6 Å². The number of para-hydroxylation sites is 1. The van der Waals surface area contributed by atoms with Crippen molar-refractivity contribution < 1.29 is 68.1 Å². The molecule has 28 nitrogen and oxygen atoms in total. The summed E-state index contributed by atoms with van der Waals surface area (Å²) in [6, 6.07) is 8.55. The molecule has 0 unspecified atom stereocenters. The van der Waals surface area contributed by atoms with E-state index in [0.717, 1.165) is 5.52 Å². The Morgan fingerprint density at radius 3 is 1.80 bits per heavy atom. The predicted octanol–water partition coefficient (Wildman–Crippen LogP) is -0.793. The molecular weight excluding hydrogens is 1240 g/mol. The number of nitrogens with zero attached hydrogens (tertiary/aromatic N) is 2. The number of thiol groups is 2. The number of aromatic nitrogens is 3. The van der Waals surface area contributed by atoms with E-state index in [1.807, 2.05) is 0 Å². The summed E-state index contributed by atoms with van der Waals surface area (Å²) in [4.78, 5) is 163. The van der Waals surface area contributed by atoms with Crippen molar-refractivity contribution in [3.05, 3.63) is 120 Å². The fourth-order valence-electron chi connectivity index (χ4n) is 10.5. The lowest BCUT2D eigenvalue weighted by molar-refractivity contribution is -0.142. The van der Waals surface area contributed by atoms with Crippen LogP contribution in [0.15, 0.2) is 97.6 Å². The Morgan fingerprint density at radius 2 is 1.17 bits per heavy atom. The van der Waals surface area contributed by atoms with Crippen molar-refractivity contribution >= 4 is 101 Å². The van der Waals surface area contributed by atoms with Gasteiger partial charge in [0.15, 0.2) is 0 Å². The first-order chi connectivity index (χ1) is 44.3. The highest BCUT2D eigenvalue weighted by Crippen LogP contribution is 2.22. The summed E-state index contributed by atoms with van der Waals surface area (Å²) in [6.45, 7) is 7.50. The number of phenols is 1. The van der Waals surface area contributed by atoms with E-state index < -0.39 is 144 Å². The van der Waals surface area contributed by atoms with Crippen molar-refractivity contribution in [1.29, 1.82) is 0 Å². The number of carboxylic acids is 1. The van der Waals surface area contributed by atoms with Crippen molar-refractivity contribution in [2.75, 3.05) is 24.6 Å². The average Bonchev–Trinajstić information content (AvgIpc) is 1.78. The number of hydrogen-bond acceptors (Lipinski definition) is 17. The van der Waals surface area contributed by atoms with Gasteiger partial charge in [0, 0.05) is 66.3 Å². The number of likely N-dealkylation sites (tertiary alicyclic amines) is 1. The lowest BCUT2D eigenvalue weighted by Gasteiger charge is -2.30. The smallest absolute Gasteiger partial charge is 0.327 e. The molecule has 0 bridgehead atoms. The summed E-state index contributed by atoms with van der Waals surface area (Å²) in [6.07, 6.45) is 3.11. The number of carboxylic acid groups (broad SMARTS) is 1. The van der Waals surface area contributed by atoms with Crippen LogP contribution >= 0.6 is 25.3 Å². The van der Waals surface area contributed by atoms with E-state index in [0.29, 0.717) is 34.2 Å². The Kier molecular flexibility index (Phi) is 27.6. The number of phenolic OH excluding ortho intramolecular Hbond substituents is 1.